The Bertz CT molecular complexity index is 595. The molecule has 0 saturated carbocycles. The molecule has 0 aliphatic carbocycles. The van der Waals surface area contributed by atoms with Crippen LogP contribution in [0.5, 0.6) is 0 Å². The molecule has 0 aromatic carbocycles. The number of alkyl halides is 2. The summed E-state index contributed by atoms with van der Waals surface area (Å²) in [6, 6.07) is 3.35. The molecule has 0 spiro atoms. The summed E-state index contributed by atoms with van der Waals surface area (Å²) >= 11 is 7.03. The fourth-order valence-corrected chi connectivity index (χ4v) is 3.22. The van der Waals surface area contributed by atoms with E-state index in [4.69, 9.17) is 16.1 Å². The van der Waals surface area contributed by atoms with Gasteiger partial charge < -0.3 is 9.84 Å². The third-order valence-corrected chi connectivity index (χ3v) is 4.58. The minimum Gasteiger partial charge on any atom is -0.332 e. The number of aromatic nitrogens is 2. The minimum absolute atomic E-state index is 0.158. The highest BCUT2D eigenvalue weighted by atomic mass is 35.5. The van der Waals surface area contributed by atoms with Gasteiger partial charge in [0.2, 0.25) is 5.82 Å². The van der Waals surface area contributed by atoms with Crippen LogP contribution in [-0.4, -0.2) is 23.2 Å². The first-order valence-electron chi connectivity index (χ1n) is 6.26. The van der Waals surface area contributed by atoms with Crippen molar-refractivity contribution in [3.8, 4) is 10.7 Å². The maximum absolute atomic E-state index is 14.3. The fraction of sp³-hybridized carbons (Fsp3) is 0.500. The predicted molar refractivity (Wildman–Crippen MR) is 72.1 cm³/mol. The van der Waals surface area contributed by atoms with Crippen LogP contribution >= 0.6 is 22.9 Å². The van der Waals surface area contributed by atoms with Crippen molar-refractivity contribution in [1.29, 1.82) is 0 Å². The van der Waals surface area contributed by atoms with Crippen LogP contribution in [-0.2, 0) is 5.92 Å². The van der Waals surface area contributed by atoms with Gasteiger partial charge in [0.1, 0.15) is 0 Å². The lowest BCUT2D eigenvalue weighted by Crippen LogP contribution is -2.36. The molecule has 8 heteroatoms. The normalized spacial score (nSPS) is 17.6. The third kappa shape index (κ3) is 2.57. The quantitative estimate of drug-likeness (QED) is 0.940. The Hall–Kier alpha value is -1.05. The average Bonchev–Trinajstić information content (AvgIpc) is 3.08. The van der Waals surface area contributed by atoms with Gasteiger partial charge in [0, 0.05) is 5.92 Å². The van der Waals surface area contributed by atoms with Crippen molar-refractivity contribution in [3.05, 3.63) is 22.4 Å². The number of rotatable bonds is 3. The van der Waals surface area contributed by atoms with Crippen LogP contribution in [0.15, 0.2) is 16.7 Å². The Balaban J connectivity index is 1.85. The molecule has 0 atom stereocenters. The monoisotopic (exact) mass is 319 g/mol. The van der Waals surface area contributed by atoms with Crippen LogP contribution in [0.3, 0.4) is 0 Å². The van der Waals surface area contributed by atoms with Crippen LogP contribution in [0.1, 0.15) is 18.7 Å². The van der Waals surface area contributed by atoms with Crippen LogP contribution in [0.2, 0.25) is 4.34 Å². The van der Waals surface area contributed by atoms with E-state index < -0.39 is 17.7 Å². The van der Waals surface area contributed by atoms with Gasteiger partial charge in [-0.25, -0.2) is 0 Å². The number of hydrogen-bond acceptors (Lipinski definition) is 5. The number of hydrogen-bond donors (Lipinski definition) is 1. The van der Waals surface area contributed by atoms with Crippen LogP contribution in [0, 0.1) is 5.92 Å². The summed E-state index contributed by atoms with van der Waals surface area (Å²) in [5.74, 6) is -4.30. The van der Waals surface area contributed by atoms with Crippen LogP contribution in [0.25, 0.3) is 10.7 Å². The van der Waals surface area contributed by atoms with Crippen LogP contribution < -0.4 is 5.32 Å². The van der Waals surface area contributed by atoms with Crippen molar-refractivity contribution >= 4 is 22.9 Å². The fourth-order valence-electron chi connectivity index (χ4n) is 2.25. The first kappa shape index (κ1) is 13.9. The number of nitrogens with one attached hydrogen (secondary N) is 1. The molecule has 1 N–H and O–H groups in total. The lowest BCUT2D eigenvalue weighted by molar-refractivity contribution is -0.0993. The van der Waals surface area contributed by atoms with Gasteiger partial charge in [-0.05, 0) is 38.1 Å². The average molecular weight is 320 g/mol. The van der Waals surface area contributed by atoms with Crippen LogP contribution in [0.4, 0.5) is 8.78 Å². The summed E-state index contributed by atoms with van der Waals surface area (Å²) in [4.78, 5) is 4.46. The highest BCUT2D eigenvalue weighted by Gasteiger charge is 2.46. The number of piperidine rings is 1. The van der Waals surface area contributed by atoms with Gasteiger partial charge in [0.25, 0.3) is 5.89 Å². The lowest BCUT2D eigenvalue weighted by atomic mass is 9.91. The zero-order chi connectivity index (χ0) is 14.2. The highest BCUT2D eigenvalue weighted by molar-refractivity contribution is 7.19. The van der Waals surface area contributed by atoms with E-state index in [9.17, 15) is 8.78 Å². The Morgan fingerprint density at radius 1 is 1.35 bits per heavy atom. The van der Waals surface area contributed by atoms with E-state index in [1.165, 1.54) is 11.3 Å². The van der Waals surface area contributed by atoms with Gasteiger partial charge in [-0.3, -0.25) is 0 Å². The first-order chi connectivity index (χ1) is 9.57. The van der Waals surface area contributed by atoms with E-state index in [0.717, 1.165) is 0 Å². The second-order valence-corrected chi connectivity index (χ2v) is 6.39. The summed E-state index contributed by atoms with van der Waals surface area (Å²) in [5, 5.41) is 6.69. The van der Waals surface area contributed by atoms with Gasteiger partial charge in [0.05, 0.1) is 9.21 Å². The summed E-state index contributed by atoms with van der Waals surface area (Å²) < 4.78 is 34.0. The standard InChI is InChI=1S/C12H12ClF2N3OS/c13-9-2-1-8(20-9)10-17-11(19-18-10)12(14,15)7-3-5-16-6-4-7/h1-2,7,16H,3-6H2. The molecule has 1 saturated heterocycles. The molecule has 0 radical (unpaired) electrons. The Morgan fingerprint density at radius 2 is 2.10 bits per heavy atom. The molecule has 3 heterocycles. The van der Waals surface area contributed by atoms with Gasteiger partial charge in [0.15, 0.2) is 0 Å². The Morgan fingerprint density at radius 3 is 2.75 bits per heavy atom. The number of halogens is 3. The molecule has 3 rings (SSSR count). The van der Waals surface area contributed by atoms with E-state index in [-0.39, 0.29) is 5.82 Å². The summed E-state index contributed by atoms with van der Waals surface area (Å²) in [6.07, 6.45) is 0.797. The molecule has 1 fully saturated rings. The smallest absolute Gasteiger partial charge is 0.327 e. The molecule has 4 nitrogen and oxygen atoms in total. The highest BCUT2D eigenvalue weighted by Crippen LogP contribution is 2.40. The van der Waals surface area contributed by atoms with Crippen molar-refractivity contribution in [2.75, 3.05) is 13.1 Å². The predicted octanol–water partition coefficient (Wildman–Crippen LogP) is 3.54. The molecular weight excluding hydrogens is 308 g/mol. The van der Waals surface area contributed by atoms with E-state index >= 15 is 0 Å². The van der Waals surface area contributed by atoms with Gasteiger partial charge in [-0.1, -0.05) is 16.8 Å². The van der Waals surface area contributed by atoms with Crippen molar-refractivity contribution in [2.45, 2.75) is 18.8 Å². The van der Waals surface area contributed by atoms with Crippen molar-refractivity contribution in [2.24, 2.45) is 5.92 Å². The Labute approximate surface area is 123 Å². The maximum Gasteiger partial charge on any atom is 0.327 e. The largest absolute Gasteiger partial charge is 0.332 e. The summed E-state index contributed by atoms with van der Waals surface area (Å²) in [5.41, 5.74) is 0. The first-order valence-corrected chi connectivity index (χ1v) is 7.45. The van der Waals surface area contributed by atoms with E-state index in [1.807, 2.05) is 0 Å². The van der Waals surface area contributed by atoms with Crippen molar-refractivity contribution in [1.82, 2.24) is 15.5 Å². The third-order valence-electron chi connectivity index (χ3n) is 3.36. The van der Waals surface area contributed by atoms with E-state index in [2.05, 4.69) is 15.5 Å². The lowest BCUT2D eigenvalue weighted by Gasteiger charge is -2.27. The Kier molecular flexibility index (Phi) is 3.74. The van der Waals surface area contributed by atoms with Gasteiger partial charge >= 0.3 is 5.92 Å². The molecular formula is C12H12ClF2N3OS. The van der Waals surface area contributed by atoms with E-state index in [1.54, 1.807) is 12.1 Å². The molecule has 108 valence electrons. The SMILES string of the molecule is FC(F)(c1nc(-c2ccc(Cl)s2)no1)C1CCNCC1. The maximum atomic E-state index is 14.3. The molecule has 0 amide bonds. The molecule has 1 aliphatic heterocycles. The van der Waals surface area contributed by atoms with Crippen molar-refractivity contribution < 1.29 is 13.3 Å². The van der Waals surface area contributed by atoms with Crippen molar-refractivity contribution in [3.63, 3.8) is 0 Å². The summed E-state index contributed by atoms with van der Waals surface area (Å²) in [7, 11) is 0. The zero-order valence-corrected chi connectivity index (χ0v) is 12.0. The molecule has 2 aromatic rings. The van der Waals surface area contributed by atoms with E-state index in [0.29, 0.717) is 35.1 Å². The molecule has 2 aromatic heterocycles. The summed E-state index contributed by atoms with van der Waals surface area (Å²) in [6.45, 7) is 1.17. The molecule has 1 aliphatic rings. The minimum atomic E-state index is -3.09. The zero-order valence-electron chi connectivity index (χ0n) is 10.4. The topological polar surface area (TPSA) is 51.0 Å². The second-order valence-electron chi connectivity index (χ2n) is 4.67. The second kappa shape index (κ2) is 5.38. The van der Waals surface area contributed by atoms with Gasteiger partial charge in [-0.15, -0.1) is 11.3 Å². The molecule has 0 unspecified atom stereocenters. The molecule has 20 heavy (non-hydrogen) atoms. The number of thiophene rings is 1. The molecule has 0 bridgehead atoms. The number of nitrogens with zero attached hydrogens (tertiary/aromatic N) is 2. The van der Waals surface area contributed by atoms with Gasteiger partial charge in [-0.2, -0.15) is 13.8 Å².